The summed E-state index contributed by atoms with van der Waals surface area (Å²) < 4.78 is 5.99. The molecule has 0 saturated heterocycles. The first-order valence-electron chi connectivity index (χ1n) is 5.01. The number of carbonyl (C=O) groups excluding carboxylic acids is 1. The topological polar surface area (TPSA) is 58.6 Å². The molecule has 0 aliphatic heterocycles. The maximum absolute atomic E-state index is 11.4. The highest BCUT2D eigenvalue weighted by molar-refractivity contribution is 9.10. The number of hydrogen-bond acceptors (Lipinski definition) is 3. The Morgan fingerprint density at radius 1 is 1.65 bits per heavy atom. The molecular formula is C11H13BrClNO3. The van der Waals surface area contributed by atoms with Crippen LogP contribution in [0.15, 0.2) is 22.7 Å². The first-order valence-corrected chi connectivity index (χ1v) is 6.18. The Morgan fingerprint density at radius 2 is 2.35 bits per heavy atom. The summed E-state index contributed by atoms with van der Waals surface area (Å²) in [6, 6.07) is 4.76. The summed E-state index contributed by atoms with van der Waals surface area (Å²) in [6.07, 6.45) is 0. The first kappa shape index (κ1) is 14.3. The van der Waals surface area contributed by atoms with E-state index in [1.54, 1.807) is 25.1 Å². The minimum atomic E-state index is -0.284. The fraction of sp³-hybridized carbons (Fsp3) is 0.364. The van der Waals surface area contributed by atoms with Gasteiger partial charge >= 0.3 is 0 Å². The van der Waals surface area contributed by atoms with Crippen LogP contribution in [0, 0.1) is 0 Å². The van der Waals surface area contributed by atoms with E-state index in [0.29, 0.717) is 15.2 Å². The monoisotopic (exact) mass is 321 g/mol. The lowest BCUT2D eigenvalue weighted by molar-refractivity contribution is -0.124. The molecule has 1 aromatic rings. The predicted molar refractivity (Wildman–Crippen MR) is 69.3 cm³/mol. The molecule has 1 rings (SSSR count). The molecule has 94 valence electrons. The van der Waals surface area contributed by atoms with Gasteiger partial charge in [0.1, 0.15) is 5.75 Å². The maximum Gasteiger partial charge on any atom is 0.258 e. The van der Waals surface area contributed by atoms with Crippen LogP contribution in [-0.2, 0) is 4.79 Å². The molecule has 2 N–H and O–H groups in total. The predicted octanol–water partition coefficient (Wildman–Crippen LogP) is 1.98. The Labute approximate surface area is 113 Å². The van der Waals surface area contributed by atoms with Crippen LogP contribution in [0.5, 0.6) is 5.75 Å². The van der Waals surface area contributed by atoms with E-state index in [4.69, 9.17) is 21.4 Å². The molecule has 0 aromatic heterocycles. The van der Waals surface area contributed by atoms with Crippen molar-refractivity contribution in [3.8, 4) is 5.75 Å². The largest absolute Gasteiger partial charge is 0.483 e. The van der Waals surface area contributed by atoms with Crippen LogP contribution in [0.2, 0.25) is 5.02 Å². The van der Waals surface area contributed by atoms with Gasteiger partial charge in [-0.05, 0) is 41.1 Å². The number of nitrogens with one attached hydrogen (secondary N) is 1. The fourth-order valence-corrected chi connectivity index (χ4v) is 1.89. The Kier molecular flexibility index (Phi) is 5.74. The van der Waals surface area contributed by atoms with Crippen molar-refractivity contribution in [2.45, 2.75) is 13.0 Å². The Balaban J connectivity index is 2.47. The van der Waals surface area contributed by atoms with Crippen LogP contribution in [-0.4, -0.2) is 30.3 Å². The zero-order valence-corrected chi connectivity index (χ0v) is 11.6. The van der Waals surface area contributed by atoms with Crippen molar-refractivity contribution >= 4 is 33.4 Å². The van der Waals surface area contributed by atoms with Crippen molar-refractivity contribution in [3.63, 3.8) is 0 Å². The van der Waals surface area contributed by atoms with E-state index in [9.17, 15) is 4.79 Å². The van der Waals surface area contributed by atoms with Crippen LogP contribution >= 0.6 is 27.5 Å². The molecule has 17 heavy (non-hydrogen) atoms. The van der Waals surface area contributed by atoms with Gasteiger partial charge in [-0.3, -0.25) is 4.79 Å². The van der Waals surface area contributed by atoms with Gasteiger partial charge in [-0.25, -0.2) is 0 Å². The third-order valence-corrected chi connectivity index (χ3v) is 2.79. The second-order valence-corrected chi connectivity index (χ2v) is 4.81. The highest BCUT2D eigenvalue weighted by Gasteiger charge is 2.08. The third kappa shape index (κ3) is 4.93. The Morgan fingerprint density at radius 3 is 2.94 bits per heavy atom. The van der Waals surface area contributed by atoms with E-state index in [1.807, 2.05) is 0 Å². The van der Waals surface area contributed by atoms with Crippen LogP contribution < -0.4 is 10.1 Å². The summed E-state index contributed by atoms with van der Waals surface area (Å²) in [4.78, 5) is 11.4. The van der Waals surface area contributed by atoms with Crippen molar-refractivity contribution in [2.24, 2.45) is 0 Å². The second kappa shape index (κ2) is 6.83. The molecular weight excluding hydrogens is 309 g/mol. The molecule has 0 aliphatic carbocycles. The molecule has 0 heterocycles. The standard InChI is InChI=1S/C11H13BrClNO3/c1-7(5-15)14-11(16)6-17-10-3-2-8(13)4-9(10)12/h2-4,7,15H,5-6H2,1H3,(H,14,16)/t7-/m0/s1. The van der Waals surface area contributed by atoms with Crippen molar-refractivity contribution < 1.29 is 14.6 Å². The molecule has 0 unspecified atom stereocenters. The third-order valence-electron chi connectivity index (χ3n) is 1.93. The number of benzene rings is 1. The van der Waals surface area contributed by atoms with Gasteiger partial charge in [-0.2, -0.15) is 0 Å². The molecule has 6 heteroatoms. The van der Waals surface area contributed by atoms with Crippen molar-refractivity contribution in [2.75, 3.05) is 13.2 Å². The van der Waals surface area contributed by atoms with Crippen LogP contribution in [0.4, 0.5) is 0 Å². The molecule has 1 atom stereocenters. The zero-order valence-electron chi connectivity index (χ0n) is 9.24. The molecule has 0 spiro atoms. The smallest absolute Gasteiger partial charge is 0.258 e. The first-order chi connectivity index (χ1) is 8.02. The summed E-state index contributed by atoms with van der Waals surface area (Å²) >= 11 is 9.06. The number of ether oxygens (including phenoxy) is 1. The molecule has 1 amide bonds. The van der Waals surface area contributed by atoms with Crippen molar-refractivity contribution in [1.82, 2.24) is 5.32 Å². The lowest BCUT2D eigenvalue weighted by atomic mass is 10.3. The highest BCUT2D eigenvalue weighted by Crippen LogP contribution is 2.27. The zero-order chi connectivity index (χ0) is 12.8. The van der Waals surface area contributed by atoms with E-state index in [-0.39, 0.29) is 25.2 Å². The molecule has 0 fully saturated rings. The van der Waals surface area contributed by atoms with E-state index in [1.165, 1.54) is 0 Å². The number of aliphatic hydroxyl groups is 1. The highest BCUT2D eigenvalue weighted by atomic mass is 79.9. The SMILES string of the molecule is C[C@@H](CO)NC(=O)COc1ccc(Cl)cc1Br. The molecule has 0 bridgehead atoms. The van der Waals surface area contributed by atoms with Gasteiger partial charge in [0.05, 0.1) is 11.1 Å². The average molecular weight is 323 g/mol. The number of amides is 1. The van der Waals surface area contributed by atoms with Gasteiger partial charge < -0.3 is 15.2 Å². The summed E-state index contributed by atoms with van der Waals surface area (Å²) in [6.45, 7) is 1.50. The van der Waals surface area contributed by atoms with Crippen LogP contribution in [0.1, 0.15) is 6.92 Å². The molecule has 0 aliphatic rings. The quantitative estimate of drug-likeness (QED) is 0.871. The number of aliphatic hydroxyl groups excluding tert-OH is 1. The number of halogens is 2. The lowest BCUT2D eigenvalue weighted by Crippen LogP contribution is -2.38. The van der Waals surface area contributed by atoms with Gasteiger partial charge in [0, 0.05) is 11.1 Å². The Bertz CT molecular complexity index is 400. The maximum atomic E-state index is 11.4. The van der Waals surface area contributed by atoms with E-state index >= 15 is 0 Å². The summed E-state index contributed by atoms with van der Waals surface area (Å²) in [5.41, 5.74) is 0. The number of hydrogen-bond donors (Lipinski definition) is 2. The van der Waals surface area contributed by atoms with Crippen molar-refractivity contribution in [1.29, 1.82) is 0 Å². The normalized spacial score (nSPS) is 12.0. The lowest BCUT2D eigenvalue weighted by Gasteiger charge is -2.12. The van der Waals surface area contributed by atoms with Gasteiger partial charge in [-0.1, -0.05) is 11.6 Å². The van der Waals surface area contributed by atoms with Gasteiger partial charge in [0.15, 0.2) is 6.61 Å². The van der Waals surface area contributed by atoms with Crippen LogP contribution in [0.3, 0.4) is 0 Å². The van der Waals surface area contributed by atoms with Gasteiger partial charge in [0.25, 0.3) is 5.91 Å². The van der Waals surface area contributed by atoms with Crippen LogP contribution in [0.25, 0.3) is 0 Å². The number of rotatable bonds is 5. The molecule has 0 saturated carbocycles. The summed E-state index contributed by atoms with van der Waals surface area (Å²) in [7, 11) is 0. The van der Waals surface area contributed by atoms with E-state index in [2.05, 4.69) is 21.2 Å². The minimum Gasteiger partial charge on any atom is -0.483 e. The summed E-state index contributed by atoms with van der Waals surface area (Å²) in [5.74, 6) is 0.259. The second-order valence-electron chi connectivity index (χ2n) is 3.51. The average Bonchev–Trinajstić information content (AvgIpc) is 2.27. The Hall–Kier alpha value is -0.780. The molecule has 0 radical (unpaired) electrons. The van der Waals surface area contributed by atoms with E-state index < -0.39 is 0 Å². The molecule has 1 aromatic carbocycles. The minimum absolute atomic E-state index is 0.101. The summed E-state index contributed by atoms with van der Waals surface area (Å²) in [5, 5.41) is 11.9. The van der Waals surface area contributed by atoms with Gasteiger partial charge in [0.2, 0.25) is 0 Å². The number of carbonyl (C=O) groups is 1. The van der Waals surface area contributed by atoms with E-state index in [0.717, 1.165) is 0 Å². The van der Waals surface area contributed by atoms with Crippen molar-refractivity contribution in [3.05, 3.63) is 27.7 Å². The fourth-order valence-electron chi connectivity index (χ4n) is 1.10. The molecule has 4 nitrogen and oxygen atoms in total. The van der Waals surface area contributed by atoms with Gasteiger partial charge in [-0.15, -0.1) is 0 Å².